The maximum Gasteiger partial charge on any atom is 0.234 e. The lowest BCUT2D eigenvalue weighted by molar-refractivity contribution is -0.122. The highest BCUT2D eigenvalue weighted by Gasteiger charge is 2.38. The van der Waals surface area contributed by atoms with Gasteiger partial charge in [-0.1, -0.05) is 48.0 Å². The lowest BCUT2D eigenvalue weighted by atomic mass is 9.79. The topological polar surface area (TPSA) is 131 Å². The van der Waals surface area contributed by atoms with Crippen LogP contribution in [0, 0.1) is 12.3 Å². The number of aliphatic hydroxyl groups excluding tert-OH is 2. The number of hydrogen-bond donors (Lipinski definition) is 3. The van der Waals surface area contributed by atoms with Gasteiger partial charge < -0.3 is 20.4 Å². The van der Waals surface area contributed by atoms with Crippen molar-refractivity contribution in [2.45, 2.75) is 99.0 Å². The van der Waals surface area contributed by atoms with Crippen LogP contribution in [0.15, 0.2) is 22.2 Å². The summed E-state index contributed by atoms with van der Waals surface area (Å²) < 4.78 is 0. The van der Waals surface area contributed by atoms with Crippen LogP contribution in [0.4, 0.5) is 11.4 Å². The third kappa shape index (κ3) is 7.81. The molecule has 0 radical (unpaired) electrons. The predicted molar refractivity (Wildman–Crippen MR) is 181 cm³/mol. The molecule has 3 heterocycles. The van der Waals surface area contributed by atoms with Gasteiger partial charge in [-0.2, -0.15) is 5.10 Å². The van der Waals surface area contributed by atoms with Crippen molar-refractivity contribution in [1.29, 1.82) is 0 Å². The summed E-state index contributed by atoms with van der Waals surface area (Å²) in [6, 6.07) is 4.58. The van der Waals surface area contributed by atoms with Gasteiger partial charge in [-0.15, -0.1) is 9.89 Å². The highest BCUT2D eigenvalue weighted by molar-refractivity contribution is 6.50. The zero-order valence-corrected chi connectivity index (χ0v) is 28.8. The summed E-state index contributed by atoms with van der Waals surface area (Å²) >= 11 is 0. The van der Waals surface area contributed by atoms with Gasteiger partial charge in [-0.25, -0.2) is 9.98 Å². The monoisotopic (exact) mass is 622 g/mol. The molecule has 0 saturated carbocycles. The Balaban J connectivity index is 1.63. The lowest BCUT2D eigenvalue weighted by Gasteiger charge is -2.48. The van der Waals surface area contributed by atoms with Gasteiger partial charge in [0.25, 0.3) is 0 Å². The van der Waals surface area contributed by atoms with Crippen LogP contribution in [0.5, 0.6) is 0 Å². The number of carbonyl (C=O) groups is 1. The summed E-state index contributed by atoms with van der Waals surface area (Å²) in [5.74, 6) is 1.27. The second-order valence-corrected chi connectivity index (χ2v) is 14.4. The molecule has 1 aromatic carbocycles. The van der Waals surface area contributed by atoms with E-state index in [1.807, 2.05) is 6.92 Å². The molecule has 45 heavy (non-hydrogen) atoms. The van der Waals surface area contributed by atoms with Crippen molar-refractivity contribution in [2.75, 3.05) is 50.8 Å². The van der Waals surface area contributed by atoms with E-state index in [0.29, 0.717) is 37.2 Å². The average molecular weight is 623 g/mol. The number of fused-ring (bicyclic) bond motifs is 2. The van der Waals surface area contributed by atoms with Crippen molar-refractivity contribution in [3.05, 3.63) is 34.9 Å². The van der Waals surface area contributed by atoms with E-state index in [-0.39, 0.29) is 42.5 Å². The minimum Gasteiger partial charge on any atom is -0.395 e. The quantitative estimate of drug-likeness (QED) is 0.302. The third-order valence-electron chi connectivity index (χ3n) is 8.87. The lowest BCUT2D eigenvalue weighted by Crippen LogP contribution is -2.48. The van der Waals surface area contributed by atoms with Gasteiger partial charge in [0.1, 0.15) is 5.71 Å². The van der Waals surface area contributed by atoms with Gasteiger partial charge in [0, 0.05) is 48.7 Å². The van der Waals surface area contributed by atoms with Crippen LogP contribution in [-0.4, -0.2) is 98.8 Å². The average Bonchev–Trinajstić information content (AvgIpc) is 3.52. The van der Waals surface area contributed by atoms with Crippen LogP contribution >= 0.6 is 0 Å². The van der Waals surface area contributed by atoms with Gasteiger partial charge >= 0.3 is 0 Å². The number of hydrogen-bond acceptors (Lipinski definition) is 9. The number of rotatable bonds is 13. The maximum absolute atomic E-state index is 12.5. The predicted octanol–water partition coefficient (Wildman–Crippen LogP) is 4.37. The number of aryl methyl sites for hydroxylation is 1. The van der Waals surface area contributed by atoms with E-state index in [1.54, 1.807) is 9.69 Å². The molecule has 4 rings (SSSR count). The van der Waals surface area contributed by atoms with Crippen LogP contribution in [0.3, 0.4) is 0 Å². The Bertz CT molecular complexity index is 1420. The zero-order chi connectivity index (χ0) is 33.1. The van der Waals surface area contributed by atoms with Gasteiger partial charge in [0.05, 0.1) is 31.2 Å². The number of nitrogens with zero attached hydrogens (tertiary/aromatic N) is 7. The Kier molecular flexibility index (Phi) is 10.9. The fourth-order valence-electron chi connectivity index (χ4n) is 6.37. The summed E-state index contributed by atoms with van der Waals surface area (Å²) in [4.78, 5) is 28.6. The maximum atomic E-state index is 12.5. The molecule has 11 heteroatoms. The molecule has 0 bridgehead atoms. The molecule has 2 atom stereocenters. The molecule has 0 fully saturated rings. The molecular weight excluding hydrogens is 568 g/mol. The van der Waals surface area contributed by atoms with E-state index in [2.05, 4.69) is 77.7 Å². The smallest absolute Gasteiger partial charge is 0.234 e. The van der Waals surface area contributed by atoms with Crippen LogP contribution in [0.2, 0.25) is 0 Å². The summed E-state index contributed by atoms with van der Waals surface area (Å²) in [6.45, 7) is 21.8. The Morgan fingerprint density at radius 1 is 1.22 bits per heavy atom. The molecule has 248 valence electrons. The summed E-state index contributed by atoms with van der Waals surface area (Å²) in [5, 5.41) is 30.9. The standard InChI is InChI=1S/C34H54N8O3/c1-10-11-12-41-27-17-22(2)26(18-25(27)23(3)19-34(41,8)9)36-29-30(33(5,6)7)38-42-32(29)37-31(39-42)24(4)20-35-28(45)21-40(13-15-43)14-16-44/h17-18,23-24,43-44H,10-16,19-21H2,1-9H3,(H,35,45)/b36-29-. The van der Waals surface area contributed by atoms with Crippen LogP contribution in [0.1, 0.15) is 109 Å². The molecule has 11 nitrogen and oxygen atoms in total. The summed E-state index contributed by atoms with van der Waals surface area (Å²) in [7, 11) is 0. The van der Waals surface area contributed by atoms with E-state index in [1.165, 1.54) is 17.7 Å². The fraction of sp³-hybridized carbons (Fsp3) is 0.676. The van der Waals surface area contributed by atoms with Crippen molar-refractivity contribution < 1.29 is 15.0 Å². The van der Waals surface area contributed by atoms with Crippen molar-refractivity contribution in [3.8, 4) is 0 Å². The number of benzene rings is 1. The van der Waals surface area contributed by atoms with Crippen molar-refractivity contribution >= 4 is 28.7 Å². The van der Waals surface area contributed by atoms with E-state index in [4.69, 9.17) is 20.2 Å². The van der Waals surface area contributed by atoms with Crippen molar-refractivity contribution in [2.24, 2.45) is 15.5 Å². The Hall–Kier alpha value is -3.15. The molecule has 2 unspecified atom stereocenters. The van der Waals surface area contributed by atoms with Crippen molar-refractivity contribution in [1.82, 2.24) is 25.1 Å². The number of aliphatic imine (C=N–C) groups is 1. The number of carbonyl (C=O) groups excluding carboxylic acids is 1. The molecule has 2 aliphatic rings. The van der Waals surface area contributed by atoms with Gasteiger partial charge in [-0.05, 0) is 62.8 Å². The first-order chi connectivity index (χ1) is 21.2. The van der Waals surface area contributed by atoms with Crippen molar-refractivity contribution in [3.63, 3.8) is 0 Å². The van der Waals surface area contributed by atoms with E-state index < -0.39 is 0 Å². The molecule has 0 spiro atoms. The molecule has 1 aromatic heterocycles. The normalized spacial score (nSPS) is 19.1. The Morgan fingerprint density at radius 3 is 2.53 bits per heavy atom. The van der Waals surface area contributed by atoms with Crippen LogP contribution in [-0.2, 0) is 4.79 Å². The molecule has 1 amide bonds. The first kappa shape index (κ1) is 34.7. The zero-order valence-electron chi connectivity index (χ0n) is 28.8. The van der Waals surface area contributed by atoms with Gasteiger partial charge in [0.15, 0.2) is 5.82 Å². The first-order valence-corrected chi connectivity index (χ1v) is 16.5. The molecular formula is C34H54N8O3. The number of anilines is 1. The third-order valence-corrected chi connectivity index (χ3v) is 8.87. The largest absolute Gasteiger partial charge is 0.395 e. The molecule has 0 aliphatic carbocycles. The van der Waals surface area contributed by atoms with E-state index >= 15 is 0 Å². The molecule has 2 aliphatic heterocycles. The summed E-state index contributed by atoms with van der Waals surface area (Å²) in [5.41, 5.74) is 6.10. The highest BCUT2D eigenvalue weighted by Crippen LogP contribution is 2.46. The van der Waals surface area contributed by atoms with Gasteiger partial charge in [-0.3, -0.25) is 9.69 Å². The Morgan fingerprint density at radius 2 is 1.91 bits per heavy atom. The molecule has 2 aromatic rings. The van der Waals surface area contributed by atoms with E-state index in [0.717, 1.165) is 42.1 Å². The molecule has 0 saturated heterocycles. The SMILES string of the molecule is CCCCN1c2cc(C)c(/N=C3/C(C(C)(C)C)=Nn4nc(C(C)CNC(=O)CN(CCO)CCO)nc43)cc2C(C)CC1(C)C. The fourth-order valence-corrected chi connectivity index (χ4v) is 6.37. The van der Waals surface area contributed by atoms with Crippen LogP contribution in [0.25, 0.3) is 0 Å². The highest BCUT2D eigenvalue weighted by atomic mass is 16.3. The first-order valence-electron chi connectivity index (χ1n) is 16.5. The number of nitrogens with one attached hydrogen (secondary N) is 1. The second kappa shape index (κ2) is 14.1. The minimum absolute atomic E-state index is 0.0750. The number of amides is 1. The van der Waals surface area contributed by atoms with Gasteiger partial charge in [0.2, 0.25) is 11.7 Å². The number of aliphatic hydroxyl groups is 2. The summed E-state index contributed by atoms with van der Waals surface area (Å²) in [6.07, 6.45) is 3.42. The van der Waals surface area contributed by atoms with Crippen LogP contribution < -0.4 is 10.2 Å². The second-order valence-electron chi connectivity index (χ2n) is 14.4. The minimum atomic E-state index is -0.271. The Labute approximate surface area is 268 Å². The molecule has 3 N–H and O–H groups in total. The number of unbranched alkanes of at least 4 members (excludes halogenated alkanes) is 1. The van der Waals surface area contributed by atoms with E-state index in [9.17, 15) is 15.0 Å². The number of aromatic nitrogens is 3.